The molecule has 4 nitrogen and oxygen atoms in total. The Labute approximate surface area is 117 Å². The van der Waals surface area contributed by atoms with Crippen molar-refractivity contribution in [3.05, 3.63) is 30.2 Å². The van der Waals surface area contributed by atoms with E-state index in [4.69, 9.17) is 15.2 Å². The zero-order valence-electron chi connectivity index (χ0n) is 11.9. The van der Waals surface area contributed by atoms with Crippen LogP contribution in [-0.2, 0) is 4.74 Å². The number of aromatic nitrogens is 1. The van der Waals surface area contributed by atoms with Gasteiger partial charge in [-0.3, -0.25) is 4.98 Å². The third kappa shape index (κ3) is 3.36. The molecule has 0 radical (unpaired) electrons. The molecular formula is C15H19FN2O2. The number of hydrogen-bond donors (Lipinski definition) is 1. The number of ether oxygens (including phenoxy) is 2. The molecule has 108 valence electrons. The molecule has 0 saturated carbocycles. The first-order valence-corrected chi connectivity index (χ1v) is 6.48. The number of rotatable bonds is 4. The first kappa shape index (κ1) is 14.5. The van der Waals surface area contributed by atoms with Crippen LogP contribution in [0, 0.1) is 5.82 Å². The van der Waals surface area contributed by atoms with Gasteiger partial charge in [0.2, 0.25) is 0 Å². The van der Waals surface area contributed by atoms with E-state index in [0.717, 1.165) is 0 Å². The quantitative estimate of drug-likeness (QED) is 0.689. The molecule has 0 aliphatic rings. The summed E-state index contributed by atoms with van der Waals surface area (Å²) in [7, 11) is 0. The molecule has 0 aliphatic carbocycles. The summed E-state index contributed by atoms with van der Waals surface area (Å²) < 4.78 is 25.0. The van der Waals surface area contributed by atoms with Crippen molar-refractivity contribution < 1.29 is 13.9 Å². The molecule has 0 bridgehead atoms. The number of nitrogen functional groups attached to an aromatic ring is 1. The Morgan fingerprint density at radius 2 is 2.05 bits per heavy atom. The number of hydrogen-bond acceptors (Lipinski definition) is 4. The Morgan fingerprint density at radius 1 is 1.30 bits per heavy atom. The zero-order valence-corrected chi connectivity index (χ0v) is 11.9. The van der Waals surface area contributed by atoms with Gasteiger partial charge in [-0.15, -0.1) is 0 Å². The van der Waals surface area contributed by atoms with Gasteiger partial charge in [0.05, 0.1) is 12.2 Å². The smallest absolute Gasteiger partial charge is 0.181 e. The minimum Gasteiger partial charge on any atom is -0.486 e. The molecular weight excluding hydrogens is 259 g/mol. The molecule has 1 aromatic heterocycles. The van der Waals surface area contributed by atoms with Gasteiger partial charge in [0, 0.05) is 23.3 Å². The molecule has 1 aromatic carbocycles. The first-order chi connectivity index (χ1) is 9.38. The van der Waals surface area contributed by atoms with Crippen LogP contribution < -0.4 is 10.5 Å². The molecule has 0 aliphatic heterocycles. The highest BCUT2D eigenvalue weighted by atomic mass is 19.1. The predicted molar refractivity (Wildman–Crippen MR) is 77.3 cm³/mol. The maximum absolute atomic E-state index is 14.0. The molecule has 0 amide bonds. The van der Waals surface area contributed by atoms with Crippen LogP contribution in [0.1, 0.15) is 20.8 Å². The van der Waals surface area contributed by atoms with E-state index >= 15 is 0 Å². The summed E-state index contributed by atoms with van der Waals surface area (Å²) >= 11 is 0. The molecule has 0 unspecified atom stereocenters. The zero-order chi connectivity index (χ0) is 14.8. The Morgan fingerprint density at radius 3 is 2.75 bits per heavy atom. The van der Waals surface area contributed by atoms with Crippen LogP contribution >= 0.6 is 0 Å². The van der Waals surface area contributed by atoms with Crippen LogP contribution in [0.25, 0.3) is 10.9 Å². The Hall–Kier alpha value is -1.88. The minimum absolute atomic E-state index is 0.118. The fourth-order valence-corrected chi connectivity index (χ4v) is 1.84. The summed E-state index contributed by atoms with van der Waals surface area (Å²) in [4.78, 5) is 4.14. The summed E-state index contributed by atoms with van der Waals surface area (Å²) in [5.41, 5.74) is 6.31. The van der Waals surface area contributed by atoms with Crippen molar-refractivity contribution in [2.45, 2.75) is 26.4 Å². The lowest BCUT2D eigenvalue weighted by Crippen LogP contribution is -2.22. The molecule has 2 aromatic rings. The van der Waals surface area contributed by atoms with Gasteiger partial charge in [-0.05, 0) is 32.9 Å². The van der Waals surface area contributed by atoms with Gasteiger partial charge in [0.25, 0.3) is 0 Å². The molecule has 0 fully saturated rings. The maximum atomic E-state index is 14.0. The summed E-state index contributed by atoms with van der Waals surface area (Å²) in [6, 6.07) is 4.79. The third-order valence-electron chi connectivity index (χ3n) is 2.70. The molecule has 20 heavy (non-hydrogen) atoms. The number of nitrogens with two attached hydrogens (primary N) is 1. The summed E-state index contributed by atoms with van der Waals surface area (Å²) in [6.07, 6.45) is 1.58. The van der Waals surface area contributed by atoms with Gasteiger partial charge < -0.3 is 15.2 Å². The van der Waals surface area contributed by atoms with Crippen LogP contribution in [0.3, 0.4) is 0 Å². The van der Waals surface area contributed by atoms with E-state index in [9.17, 15) is 4.39 Å². The van der Waals surface area contributed by atoms with Crippen LogP contribution in [-0.4, -0.2) is 23.8 Å². The lowest BCUT2D eigenvalue weighted by molar-refractivity contribution is -0.0165. The fraction of sp³-hybridized carbons (Fsp3) is 0.400. The second kappa shape index (κ2) is 5.63. The molecule has 0 spiro atoms. The van der Waals surface area contributed by atoms with Crippen molar-refractivity contribution in [2.75, 3.05) is 18.9 Å². The van der Waals surface area contributed by atoms with E-state index in [-0.39, 0.29) is 18.0 Å². The van der Waals surface area contributed by atoms with Crippen molar-refractivity contribution in [3.8, 4) is 5.75 Å². The maximum Gasteiger partial charge on any atom is 0.181 e. The molecule has 1 heterocycles. The number of anilines is 1. The van der Waals surface area contributed by atoms with E-state index in [1.165, 1.54) is 6.07 Å². The van der Waals surface area contributed by atoms with Gasteiger partial charge in [0.1, 0.15) is 12.1 Å². The van der Waals surface area contributed by atoms with Gasteiger partial charge in [-0.1, -0.05) is 0 Å². The van der Waals surface area contributed by atoms with Crippen molar-refractivity contribution in [1.29, 1.82) is 0 Å². The molecule has 2 N–H and O–H groups in total. The van der Waals surface area contributed by atoms with Crippen LogP contribution in [0.15, 0.2) is 24.4 Å². The molecule has 0 saturated heterocycles. The average Bonchev–Trinajstić information content (AvgIpc) is 2.36. The predicted octanol–water partition coefficient (Wildman–Crippen LogP) is 3.15. The number of halogens is 1. The largest absolute Gasteiger partial charge is 0.486 e. The number of pyridine rings is 1. The number of nitrogens with zero attached hydrogens (tertiary/aromatic N) is 1. The Balaban J connectivity index is 2.18. The van der Waals surface area contributed by atoms with Gasteiger partial charge in [-0.25, -0.2) is 4.39 Å². The SMILES string of the molecule is CC(C)(C)OCCOc1c(F)cc(N)c2cccnc12. The summed E-state index contributed by atoms with van der Waals surface area (Å²) in [5, 5.41) is 0.681. The van der Waals surface area contributed by atoms with Crippen molar-refractivity contribution in [1.82, 2.24) is 4.98 Å². The van der Waals surface area contributed by atoms with E-state index in [1.54, 1.807) is 18.3 Å². The molecule has 0 atom stereocenters. The van der Waals surface area contributed by atoms with Crippen molar-refractivity contribution in [3.63, 3.8) is 0 Å². The number of benzene rings is 1. The highest BCUT2D eigenvalue weighted by molar-refractivity contribution is 5.94. The Kier molecular flexibility index (Phi) is 4.09. The van der Waals surface area contributed by atoms with Gasteiger partial charge in [-0.2, -0.15) is 0 Å². The highest BCUT2D eigenvalue weighted by Gasteiger charge is 2.14. The fourth-order valence-electron chi connectivity index (χ4n) is 1.84. The average molecular weight is 278 g/mol. The Bertz CT molecular complexity index is 609. The lowest BCUT2D eigenvalue weighted by Gasteiger charge is -2.19. The van der Waals surface area contributed by atoms with Crippen molar-refractivity contribution in [2.24, 2.45) is 0 Å². The first-order valence-electron chi connectivity index (χ1n) is 6.48. The third-order valence-corrected chi connectivity index (χ3v) is 2.70. The monoisotopic (exact) mass is 278 g/mol. The summed E-state index contributed by atoms with van der Waals surface area (Å²) in [5.74, 6) is -0.392. The topological polar surface area (TPSA) is 57.4 Å². The van der Waals surface area contributed by atoms with Crippen LogP contribution in [0.5, 0.6) is 5.75 Å². The van der Waals surface area contributed by atoms with Gasteiger partial charge >= 0.3 is 0 Å². The summed E-state index contributed by atoms with van der Waals surface area (Å²) in [6.45, 7) is 6.49. The molecule has 2 rings (SSSR count). The van der Waals surface area contributed by atoms with Gasteiger partial charge in [0.15, 0.2) is 11.6 Å². The second-order valence-corrected chi connectivity index (χ2v) is 5.49. The highest BCUT2D eigenvalue weighted by Crippen LogP contribution is 2.31. The minimum atomic E-state index is -0.510. The molecule has 5 heteroatoms. The van der Waals surface area contributed by atoms with Crippen molar-refractivity contribution >= 4 is 16.6 Å². The number of fused-ring (bicyclic) bond motifs is 1. The van der Waals surface area contributed by atoms with E-state index in [0.29, 0.717) is 23.2 Å². The standard InChI is InChI=1S/C15H19FN2O2/c1-15(2,3)20-8-7-19-14-11(16)9-12(17)10-5-4-6-18-13(10)14/h4-6,9H,7-8,17H2,1-3H3. The lowest BCUT2D eigenvalue weighted by atomic mass is 10.1. The van der Waals surface area contributed by atoms with E-state index in [1.807, 2.05) is 20.8 Å². The van der Waals surface area contributed by atoms with E-state index < -0.39 is 5.82 Å². The second-order valence-electron chi connectivity index (χ2n) is 5.49. The van der Waals surface area contributed by atoms with Crippen LogP contribution in [0.4, 0.5) is 10.1 Å². The van der Waals surface area contributed by atoms with Crippen LogP contribution in [0.2, 0.25) is 0 Å². The van der Waals surface area contributed by atoms with E-state index in [2.05, 4.69) is 4.98 Å². The normalized spacial score (nSPS) is 11.8.